The van der Waals surface area contributed by atoms with Crippen molar-refractivity contribution in [3.05, 3.63) is 22.4 Å². The number of rotatable bonds is 4. The summed E-state index contributed by atoms with van der Waals surface area (Å²) in [6.07, 6.45) is -0.589. The van der Waals surface area contributed by atoms with E-state index in [1.54, 1.807) is 9.80 Å². The van der Waals surface area contributed by atoms with Gasteiger partial charge in [-0.15, -0.1) is 0 Å². The van der Waals surface area contributed by atoms with Crippen molar-refractivity contribution in [2.75, 3.05) is 39.8 Å². The molecule has 1 atom stereocenters. The van der Waals surface area contributed by atoms with E-state index < -0.39 is 6.10 Å². The van der Waals surface area contributed by atoms with Crippen molar-refractivity contribution in [2.45, 2.75) is 6.10 Å². The van der Waals surface area contributed by atoms with Gasteiger partial charge in [-0.1, -0.05) is 0 Å². The van der Waals surface area contributed by atoms with Crippen LogP contribution in [0.4, 0.5) is 0 Å². The summed E-state index contributed by atoms with van der Waals surface area (Å²) < 4.78 is 5.05. The second-order valence-electron chi connectivity index (χ2n) is 4.59. The molecule has 1 saturated heterocycles. The third kappa shape index (κ3) is 3.17. The molecule has 1 aromatic heterocycles. The Morgan fingerprint density at radius 1 is 1.35 bits per heavy atom. The van der Waals surface area contributed by atoms with Crippen LogP contribution in [0.2, 0.25) is 0 Å². The molecule has 1 aliphatic rings. The molecule has 7 heteroatoms. The summed E-state index contributed by atoms with van der Waals surface area (Å²) in [5, 5.41) is 3.73. The highest BCUT2D eigenvalue weighted by atomic mass is 32.1. The van der Waals surface area contributed by atoms with Gasteiger partial charge in [0.25, 0.3) is 11.8 Å². The number of hydrogen-bond acceptors (Lipinski definition) is 5. The van der Waals surface area contributed by atoms with Crippen LogP contribution in [0.15, 0.2) is 16.8 Å². The Kier molecular flexibility index (Phi) is 5.11. The van der Waals surface area contributed by atoms with Crippen LogP contribution >= 0.6 is 11.3 Å². The van der Waals surface area contributed by atoms with Gasteiger partial charge in [0.05, 0.1) is 5.56 Å². The molecule has 0 radical (unpaired) electrons. The third-order valence-corrected chi connectivity index (χ3v) is 4.10. The van der Waals surface area contributed by atoms with Crippen LogP contribution in [0.1, 0.15) is 10.4 Å². The average molecular weight is 297 g/mol. The van der Waals surface area contributed by atoms with Crippen molar-refractivity contribution in [3.63, 3.8) is 0 Å². The topological polar surface area (TPSA) is 75.9 Å². The second kappa shape index (κ2) is 6.83. The zero-order valence-electron chi connectivity index (χ0n) is 11.4. The molecule has 1 aromatic rings. The fraction of sp³-hybridized carbons (Fsp3) is 0.538. The summed E-state index contributed by atoms with van der Waals surface area (Å²) in [5.41, 5.74) is 6.21. The van der Waals surface area contributed by atoms with Gasteiger partial charge in [-0.3, -0.25) is 9.59 Å². The van der Waals surface area contributed by atoms with E-state index in [9.17, 15) is 9.59 Å². The minimum Gasteiger partial charge on any atom is -0.370 e. The molecule has 0 spiro atoms. The highest BCUT2D eigenvalue weighted by Gasteiger charge is 2.28. The zero-order valence-corrected chi connectivity index (χ0v) is 12.3. The Labute approximate surface area is 122 Å². The summed E-state index contributed by atoms with van der Waals surface area (Å²) in [5.74, 6) is -0.0712. The molecule has 110 valence electrons. The van der Waals surface area contributed by atoms with E-state index >= 15 is 0 Å². The van der Waals surface area contributed by atoms with E-state index in [0.717, 1.165) is 0 Å². The largest absolute Gasteiger partial charge is 0.370 e. The summed E-state index contributed by atoms with van der Waals surface area (Å²) in [7, 11) is 1.48. The van der Waals surface area contributed by atoms with Crippen LogP contribution in [-0.4, -0.2) is 67.6 Å². The molecule has 0 saturated carbocycles. The predicted molar refractivity (Wildman–Crippen MR) is 76.7 cm³/mol. The second-order valence-corrected chi connectivity index (χ2v) is 5.37. The van der Waals surface area contributed by atoms with Gasteiger partial charge in [-0.05, 0) is 11.4 Å². The van der Waals surface area contributed by atoms with Gasteiger partial charge in [0, 0.05) is 45.2 Å². The summed E-state index contributed by atoms with van der Waals surface area (Å²) in [6, 6.07) is 1.82. The van der Waals surface area contributed by atoms with Crippen LogP contribution in [0.3, 0.4) is 0 Å². The van der Waals surface area contributed by atoms with E-state index in [1.165, 1.54) is 18.4 Å². The fourth-order valence-corrected chi connectivity index (χ4v) is 2.83. The van der Waals surface area contributed by atoms with Gasteiger partial charge in [-0.25, -0.2) is 0 Å². The molecule has 0 bridgehead atoms. The van der Waals surface area contributed by atoms with E-state index in [0.29, 0.717) is 31.7 Å². The van der Waals surface area contributed by atoms with Gasteiger partial charge in [0.1, 0.15) is 6.10 Å². The number of thiophene rings is 1. The first-order chi connectivity index (χ1) is 9.67. The lowest BCUT2D eigenvalue weighted by molar-refractivity contribution is -0.142. The van der Waals surface area contributed by atoms with Gasteiger partial charge in [-0.2, -0.15) is 11.3 Å². The molecule has 2 N–H and O–H groups in total. The van der Waals surface area contributed by atoms with Gasteiger partial charge >= 0.3 is 0 Å². The smallest absolute Gasteiger partial charge is 0.254 e. The molecule has 1 fully saturated rings. The van der Waals surface area contributed by atoms with Crippen LogP contribution in [0.25, 0.3) is 0 Å². The summed E-state index contributed by atoms with van der Waals surface area (Å²) in [4.78, 5) is 27.7. The molecular weight excluding hydrogens is 278 g/mol. The van der Waals surface area contributed by atoms with E-state index in [2.05, 4.69) is 0 Å². The Balaban J connectivity index is 1.89. The van der Waals surface area contributed by atoms with Crippen LogP contribution in [0.5, 0.6) is 0 Å². The van der Waals surface area contributed by atoms with Crippen molar-refractivity contribution in [3.8, 4) is 0 Å². The highest BCUT2D eigenvalue weighted by Crippen LogP contribution is 2.12. The lowest BCUT2D eigenvalue weighted by Crippen LogP contribution is -2.54. The van der Waals surface area contributed by atoms with Crippen LogP contribution in [-0.2, 0) is 9.53 Å². The van der Waals surface area contributed by atoms with E-state index in [1.807, 2.05) is 16.8 Å². The minimum atomic E-state index is -0.589. The number of amides is 2. The monoisotopic (exact) mass is 297 g/mol. The van der Waals surface area contributed by atoms with Crippen LogP contribution < -0.4 is 5.73 Å². The number of nitrogens with two attached hydrogens (primary N) is 1. The number of ether oxygens (including phenoxy) is 1. The normalized spacial score (nSPS) is 17.1. The Morgan fingerprint density at radius 3 is 2.50 bits per heavy atom. The Morgan fingerprint density at radius 2 is 2.00 bits per heavy atom. The van der Waals surface area contributed by atoms with Crippen molar-refractivity contribution in [1.82, 2.24) is 9.80 Å². The first kappa shape index (κ1) is 15.0. The van der Waals surface area contributed by atoms with Crippen molar-refractivity contribution >= 4 is 23.2 Å². The molecule has 20 heavy (non-hydrogen) atoms. The predicted octanol–water partition coefficient (Wildman–Crippen LogP) is 0.00620. The molecular formula is C13H19N3O3S. The molecule has 2 heterocycles. The van der Waals surface area contributed by atoms with Crippen molar-refractivity contribution < 1.29 is 14.3 Å². The minimum absolute atomic E-state index is 0.0282. The number of hydrogen-bond donors (Lipinski definition) is 1. The van der Waals surface area contributed by atoms with Gasteiger partial charge in [0.15, 0.2) is 0 Å². The third-order valence-electron chi connectivity index (χ3n) is 3.42. The number of carbonyl (C=O) groups is 2. The fourth-order valence-electron chi connectivity index (χ4n) is 2.20. The number of piperazine rings is 1. The van der Waals surface area contributed by atoms with Crippen LogP contribution in [0, 0.1) is 0 Å². The van der Waals surface area contributed by atoms with E-state index in [-0.39, 0.29) is 18.4 Å². The first-order valence-corrected chi connectivity index (χ1v) is 7.44. The molecule has 2 amide bonds. The van der Waals surface area contributed by atoms with Crippen molar-refractivity contribution in [1.29, 1.82) is 0 Å². The Hall–Kier alpha value is -1.44. The SMILES string of the molecule is COC(CN)C(=O)N1CCN(C(=O)c2ccsc2)CC1. The molecule has 1 aliphatic heterocycles. The van der Waals surface area contributed by atoms with Crippen molar-refractivity contribution in [2.24, 2.45) is 5.73 Å². The molecule has 0 aliphatic carbocycles. The number of carbonyl (C=O) groups excluding carboxylic acids is 2. The molecule has 2 rings (SSSR count). The number of methoxy groups -OCH3 is 1. The maximum atomic E-state index is 12.2. The summed E-state index contributed by atoms with van der Waals surface area (Å²) >= 11 is 1.50. The maximum absolute atomic E-state index is 12.2. The lowest BCUT2D eigenvalue weighted by atomic mass is 10.2. The highest BCUT2D eigenvalue weighted by molar-refractivity contribution is 7.08. The summed E-state index contributed by atoms with van der Waals surface area (Å²) in [6.45, 7) is 2.30. The molecule has 0 aromatic carbocycles. The van der Waals surface area contributed by atoms with Gasteiger partial charge in [0.2, 0.25) is 0 Å². The Bertz CT molecular complexity index is 451. The average Bonchev–Trinajstić information content (AvgIpc) is 3.02. The first-order valence-electron chi connectivity index (χ1n) is 6.50. The molecule has 6 nitrogen and oxygen atoms in total. The number of nitrogens with zero attached hydrogens (tertiary/aromatic N) is 2. The quantitative estimate of drug-likeness (QED) is 0.849. The lowest BCUT2D eigenvalue weighted by Gasteiger charge is -2.35. The molecule has 1 unspecified atom stereocenters. The van der Waals surface area contributed by atoms with E-state index in [4.69, 9.17) is 10.5 Å². The van der Waals surface area contributed by atoms with Gasteiger partial charge < -0.3 is 20.3 Å². The maximum Gasteiger partial charge on any atom is 0.254 e. The standard InChI is InChI=1S/C13H19N3O3S/c1-19-11(8-14)13(18)16-5-3-15(4-6-16)12(17)10-2-7-20-9-10/h2,7,9,11H,3-6,8,14H2,1H3. The zero-order chi connectivity index (χ0) is 14.5.